The van der Waals surface area contributed by atoms with E-state index in [2.05, 4.69) is 11.2 Å². The molecule has 0 radical (unpaired) electrons. The lowest BCUT2D eigenvalue weighted by molar-refractivity contribution is 0.407. The van der Waals surface area contributed by atoms with Crippen molar-refractivity contribution in [2.45, 2.75) is 20.4 Å². The standard InChI is InChI=1S/C13H15ClN2O/c1-9-6-10(2)16(15-9)8-11-7-12(14)4-5-13(11)17-3/h4-7H,8H2,1-3H3. The Morgan fingerprint density at radius 1 is 1.29 bits per heavy atom. The Bertz CT molecular complexity index is 534. The smallest absolute Gasteiger partial charge is 0.124 e. The van der Waals surface area contributed by atoms with Gasteiger partial charge in [0, 0.05) is 16.3 Å². The Balaban J connectivity index is 2.35. The van der Waals surface area contributed by atoms with Gasteiger partial charge in [-0.2, -0.15) is 5.10 Å². The summed E-state index contributed by atoms with van der Waals surface area (Å²) in [5.41, 5.74) is 3.18. The summed E-state index contributed by atoms with van der Waals surface area (Å²) < 4.78 is 7.27. The van der Waals surface area contributed by atoms with Gasteiger partial charge in [-0.15, -0.1) is 0 Å². The molecule has 0 fully saturated rings. The Hall–Kier alpha value is -1.48. The fraction of sp³-hybridized carbons (Fsp3) is 0.308. The van der Waals surface area contributed by atoms with Crippen molar-refractivity contribution < 1.29 is 4.74 Å². The molecule has 0 aliphatic rings. The van der Waals surface area contributed by atoms with Crippen molar-refractivity contribution in [3.63, 3.8) is 0 Å². The van der Waals surface area contributed by atoms with Gasteiger partial charge >= 0.3 is 0 Å². The third kappa shape index (κ3) is 2.61. The molecule has 0 atom stereocenters. The summed E-state index contributed by atoms with van der Waals surface area (Å²) in [6.07, 6.45) is 0. The minimum Gasteiger partial charge on any atom is -0.496 e. The van der Waals surface area contributed by atoms with Gasteiger partial charge < -0.3 is 4.74 Å². The van der Waals surface area contributed by atoms with E-state index in [9.17, 15) is 0 Å². The summed E-state index contributed by atoms with van der Waals surface area (Å²) in [7, 11) is 1.66. The number of hydrogen-bond acceptors (Lipinski definition) is 2. The van der Waals surface area contributed by atoms with Crippen molar-refractivity contribution in [2.75, 3.05) is 7.11 Å². The zero-order valence-corrected chi connectivity index (χ0v) is 11.0. The van der Waals surface area contributed by atoms with E-state index >= 15 is 0 Å². The SMILES string of the molecule is COc1ccc(Cl)cc1Cn1nc(C)cc1C. The Morgan fingerprint density at radius 2 is 2.06 bits per heavy atom. The minimum atomic E-state index is 0.670. The number of aromatic nitrogens is 2. The summed E-state index contributed by atoms with van der Waals surface area (Å²) in [5.74, 6) is 0.835. The van der Waals surface area contributed by atoms with Crippen LogP contribution in [-0.4, -0.2) is 16.9 Å². The van der Waals surface area contributed by atoms with Crippen LogP contribution in [0.4, 0.5) is 0 Å². The van der Waals surface area contributed by atoms with E-state index in [0.717, 1.165) is 22.7 Å². The van der Waals surface area contributed by atoms with Gasteiger partial charge in [0.2, 0.25) is 0 Å². The number of halogens is 1. The first-order valence-electron chi connectivity index (χ1n) is 5.43. The zero-order valence-electron chi connectivity index (χ0n) is 10.2. The fourth-order valence-electron chi connectivity index (χ4n) is 1.87. The Morgan fingerprint density at radius 3 is 2.65 bits per heavy atom. The van der Waals surface area contributed by atoms with Crippen LogP contribution < -0.4 is 4.74 Å². The van der Waals surface area contributed by atoms with Crippen LogP contribution in [0.3, 0.4) is 0 Å². The fourth-order valence-corrected chi connectivity index (χ4v) is 2.06. The first-order chi connectivity index (χ1) is 8.10. The highest BCUT2D eigenvalue weighted by atomic mass is 35.5. The number of benzene rings is 1. The highest BCUT2D eigenvalue weighted by Gasteiger charge is 2.07. The van der Waals surface area contributed by atoms with Crippen LogP contribution >= 0.6 is 11.6 Å². The summed E-state index contributed by atoms with van der Waals surface area (Å²) in [6, 6.07) is 7.67. The molecule has 1 aromatic heterocycles. The Kier molecular flexibility index (Phi) is 3.38. The molecule has 0 amide bonds. The van der Waals surface area contributed by atoms with Gasteiger partial charge in [-0.3, -0.25) is 4.68 Å². The van der Waals surface area contributed by atoms with Gasteiger partial charge in [0.1, 0.15) is 5.75 Å². The van der Waals surface area contributed by atoms with Gasteiger partial charge in [-0.05, 0) is 38.1 Å². The maximum atomic E-state index is 6.00. The number of hydrogen-bond donors (Lipinski definition) is 0. The third-order valence-electron chi connectivity index (χ3n) is 2.67. The molecular weight excluding hydrogens is 236 g/mol. The highest BCUT2D eigenvalue weighted by molar-refractivity contribution is 6.30. The first kappa shape index (κ1) is 12.0. The summed E-state index contributed by atoms with van der Waals surface area (Å²) in [5, 5.41) is 5.14. The predicted molar refractivity (Wildman–Crippen MR) is 68.8 cm³/mol. The molecule has 0 N–H and O–H groups in total. The number of nitrogens with zero attached hydrogens (tertiary/aromatic N) is 2. The van der Waals surface area contributed by atoms with E-state index in [1.165, 1.54) is 0 Å². The van der Waals surface area contributed by atoms with Crippen molar-refractivity contribution in [2.24, 2.45) is 0 Å². The van der Waals surface area contributed by atoms with Crippen LogP contribution in [0.1, 0.15) is 17.0 Å². The van der Waals surface area contributed by atoms with Gasteiger partial charge in [-0.25, -0.2) is 0 Å². The third-order valence-corrected chi connectivity index (χ3v) is 2.90. The topological polar surface area (TPSA) is 27.1 Å². The first-order valence-corrected chi connectivity index (χ1v) is 5.81. The molecule has 17 heavy (non-hydrogen) atoms. The molecular formula is C13H15ClN2O. The van der Waals surface area contributed by atoms with E-state index in [1.807, 2.05) is 36.7 Å². The number of methoxy groups -OCH3 is 1. The molecule has 0 saturated carbocycles. The van der Waals surface area contributed by atoms with Crippen LogP contribution in [0, 0.1) is 13.8 Å². The maximum Gasteiger partial charge on any atom is 0.124 e. The molecule has 0 bridgehead atoms. The van der Waals surface area contributed by atoms with Gasteiger partial charge in [0.25, 0.3) is 0 Å². The van der Waals surface area contributed by atoms with Crippen molar-refractivity contribution in [1.82, 2.24) is 9.78 Å². The van der Waals surface area contributed by atoms with Crippen molar-refractivity contribution in [3.8, 4) is 5.75 Å². The van der Waals surface area contributed by atoms with Gasteiger partial charge in [0.15, 0.2) is 0 Å². The quantitative estimate of drug-likeness (QED) is 0.837. The molecule has 2 rings (SSSR count). The van der Waals surface area contributed by atoms with Crippen molar-refractivity contribution in [3.05, 3.63) is 46.2 Å². The summed E-state index contributed by atoms with van der Waals surface area (Å²) in [4.78, 5) is 0. The zero-order chi connectivity index (χ0) is 12.4. The van der Waals surface area contributed by atoms with E-state index in [-0.39, 0.29) is 0 Å². The molecule has 0 unspecified atom stereocenters. The molecule has 0 aliphatic heterocycles. The average Bonchev–Trinajstić information content (AvgIpc) is 2.58. The van der Waals surface area contributed by atoms with E-state index < -0.39 is 0 Å². The predicted octanol–water partition coefficient (Wildman–Crippen LogP) is 3.21. The van der Waals surface area contributed by atoms with Crippen LogP contribution in [0.15, 0.2) is 24.3 Å². The summed E-state index contributed by atoms with van der Waals surface area (Å²) in [6.45, 7) is 4.69. The molecule has 2 aromatic rings. The second-order valence-electron chi connectivity index (χ2n) is 4.04. The van der Waals surface area contributed by atoms with Crippen LogP contribution in [0.2, 0.25) is 5.02 Å². The molecule has 90 valence electrons. The highest BCUT2D eigenvalue weighted by Crippen LogP contribution is 2.23. The van der Waals surface area contributed by atoms with Crippen molar-refractivity contribution >= 4 is 11.6 Å². The van der Waals surface area contributed by atoms with Crippen LogP contribution in [-0.2, 0) is 6.54 Å². The molecule has 0 aliphatic carbocycles. The lowest BCUT2D eigenvalue weighted by Gasteiger charge is -2.10. The average molecular weight is 251 g/mol. The van der Waals surface area contributed by atoms with E-state index in [1.54, 1.807) is 7.11 Å². The molecule has 1 aromatic carbocycles. The molecule has 1 heterocycles. The molecule has 0 saturated heterocycles. The van der Waals surface area contributed by atoms with Gasteiger partial charge in [0.05, 0.1) is 19.3 Å². The largest absolute Gasteiger partial charge is 0.496 e. The van der Waals surface area contributed by atoms with Crippen LogP contribution in [0.25, 0.3) is 0 Å². The summed E-state index contributed by atoms with van der Waals surface area (Å²) >= 11 is 6.00. The molecule has 0 spiro atoms. The lowest BCUT2D eigenvalue weighted by atomic mass is 10.2. The normalized spacial score (nSPS) is 10.6. The van der Waals surface area contributed by atoms with E-state index in [4.69, 9.17) is 16.3 Å². The number of rotatable bonds is 3. The molecule has 4 heteroatoms. The second-order valence-corrected chi connectivity index (χ2v) is 4.48. The lowest BCUT2D eigenvalue weighted by Crippen LogP contribution is -2.05. The minimum absolute atomic E-state index is 0.670. The maximum absolute atomic E-state index is 6.00. The Labute approximate surface area is 106 Å². The van der Waals surface area contributed by atoms with Crippen LogP contribution in [0.5, 0.6) is 5.75 Å². The monoisotopic (exact) mass is 250 g/mol. The van der Waals surface area contributed by atoms with Gasteiger partial charge in [-0.1, -0.05) is 11.6 Å². The number of ether oxygens (including phenoxy) is 1. The van der Waals surface area contributed by atoms with Crippen molar-refractivity contribution in [1.29, 1.82) is 0 Å². The van der Waals surface area contributed by atoms with E-state index in [0.29, 0.717) is 11.6 Å². The number of aryl methyl sites for hydroxylation is 2. The molecule has 3 nitrogen and oxygen atoms in total. The second kappa shape index (κ2) is 4.80.